The van der Waals surface area contributed by atoms with Crippen LogP contribution in [-0.4, -0.2) is 19.8 Å². The topological polar surface area (TPSA) is 81.2 Å². The van der Waals surface area contributed by atoms with Gasteiger partial charge in [-0.2, -0.15) is 13.2 Å². The van der Waals surface area contributed by atoms with Crippen molar-refractivity contribution >= 4 is 43.2 Å². The average molecular weight is 568 g/mol. The Hall–Kier alpha value is -3.51. The van der Waals surface area contributed by atoms with E-state index in [1.165, 1.54) is 24.3 Å². The maximum absolute atomic E-state index is 13.9. The molecule has 0 radical (unpaired) electrons. The molecule has 0 saturated heterocycles. The van der Waals surface area contributed by atoms with Gasteiger partial charge in [-0.15, -0.1) is 11.3 Å². The largest absolute Gasteiger partial charge is 0.505 e. The van der Waals surface area contributed by atoms with Crippen molar-refractivity contribution in [2.45, 2.75) is 37.9 Å². The summed E-state index contributed by atoms with van der Waals surface area (Å²) in [5.74, 6) is -0.418. The van der Waals surface area contributed by atoms with Gasteiger partial charge in [-0.05, 0) is 36.5 Å². The maximum Gasteiger partial charge on any atom is 0.436 e. The SMILES string of the molecule is O=c1c2c(nc(-c3ccc(C(F)F)cc3C3CC3)n1Cc1cc(C(F)(F)F)no1)sc1c(O)c(Cl)ccc12. The third-order valence-corrected chi connectivity index (χ3v) is 7.85. The van der Waals surface area contributed by atoms with Crippen LogP contribution in [0.1, 0.15) is 47.8 Å². The zero-order chi connectivity index (χ0) is 26.9. The number of phenolic OH excluding ortho intramolecular Hbond substituents is 1. The van der Waals surface area contributed by atoms with Crippen molar-refractivity contribution in [2.75, 3.05) is 0 Å². The molecule has 0 spiro atoms. The second kappa shape index (κ2) is 8.77. The molecular formula is C25H15ClF5N3O3S. The Morgan fingerprint density at radius 2 is 1.95 bits per heavy atom. The van der Waals surface area contributed by atoms with Crippen molar-refractivity contribution in [3.05, 3.63) is 74.4 Å². The molecule has 13 heteroatoms. The molecule has 1 N–H and O–H groups in total. The number of aromatic hydroxyl groups is 1. The van der Waals surface area contributed by atoms with Crippen molar-refractivity contribution in [3.63, 3.8) is 0 Å². The molecule has 0 aliphatic heterocycles. The summed E-state index contributed by atoms with van der Waals surface area (Å²) in [6.07, 6.45) is -5.93. The number of rotatable bonds is 5. The molecule has 1 aliphatic rings. The van der Waals surface area contributed by atoms with E-state index in [9.17, 15) is 31.9 Å². The Morgan fingerprint density at radius 3 is 2.61 bits per heavy atom. The van der Waals surface area contributed by atoms with E-state index in [1.807, 2.05) is 0 Å². The van der Waals surface area contributed by atoms with Gasteiger partial charge in [0.15, 0.2) is 17.2 Å². The highest BCUT2D eigenvalue weighted by atomic mass is 35.5. The number of alkyl halides is 5. The van der Waals surface area contributed by atoms with Crippen LogP contribution in [0, 0.1) is 0 Å². The highest BCUT2D eigenvalue weighted by molar-refractivity contribution is 7.25. The summed E-state index contributed by atoms with van der Waals surface area (Å²) >= 11 is 7.07. The quantitative estimate of drug-likeness (QED) is 0.222. The maximum atomic E-state index is 13.9. The minimum absolute atomic E-state index is 0.0166. The Labute approximate surface area is 218 Å². The first-order chi connectivity index (χ1) is 18.0. The lowest BCUT2D eigenvalue weighted by Crippen LogP contribution is -2.24. The fourth-order valence-electron chi connectivity index (χ4n) is 4.47. The lowest BCUT2D eigenvalue weighted by Gasteiger charge is -2.16. The summed E-state index contributed by atoms with van der Waals surface area (Å²) in [6.45, 7) is -0.447. The van der Waals surface area contributed by atoms with Crippen LogP contribution in [0.25, 0.3) is 31.7 Å². The second-order valence-electron chi connectivity index (χ2n) is 8.98. The number of aromatic nitrogens is 3. The predicted molar refractivity (Wildman–Crippen MR) is 131 cm³/mol. The molecule has 3 aromatic heterocycles. The lowest BCUT2D eigenvalue weighted by molar-refractivity contribution is -0.142. The van der Waals surface area contributed by atoms with Crippen molar-refractivity contribution in [2.24, 2.45) is 0 Å². The van der Waals surface area contributed by atoms with Crippen LogP contribution < -0.4 is 5.56 Å². The van der Waals surface area contributed by atoms with Gasteiger partial charge >= 0.3 is 6.18 Å². The molecule has 0 bridgehead atoms. The molecule has 0 unspecified atom stereocenters. The monoisotopic (exact) mass is 567 g/mol. The first-order valence-corrected chi connectivity index (χ1v) is 12.5. The van der Waals surface area contributed by atoms with Gasteiger partial charge in [0.25, 0.3) is 12.0 Å². The number of nitrogens with zero attached hydrogens (tertiary/aromatic N) is 3. The normalized spacial score (nSPS) is 14.3. The molecular weight excluding hydrogens is 553 g/mol. The minimum Gasteiger partial charge on any atom is -0.505 e. The highest BCUT2D eigenvalue weighted by Crippen LogP contribution is 2.46. The standard InChI is InChI=1S/C25H15ClF5N3O3S/c26-16-6-5-14-18-23(38-20(14)19(16)35)32-22(13-4-3-11(21(27)28)7-15(13)10-1-2-10)34(24(18)36)9-12-8-17(33-37-12)25(29,30)31/h3-8,10,21,35H,1-2,9H2. The van der Waals surface area contributed by atoms with E-state index in [4.69, 9.17) is 16.1 Å². The van der Waals surface area contributed by atoms with Crippen LogP contribution in [-0.2, 0) is 12.7 Å². The Balaban J connectivity index is 1.63. The molecule has 3 heterocycles. The number of thiophene rings is 1. The van der Waals surface area contributed by atoms with Crippen molar-refractivity contribution in [1.82, 2.24) is 14.7 Å². The molecule has 1 aliphatic carbocycles. The molecule has 2 aromatic carbocycles. The molecule has 6 rings (SSSR count). The van der Waals surface area contributed by atoms with Crippen LogP contribution in [0.4, 0.5) is 22.0 Å². The number of phenols is 1. The number of hydrogen-bond acceptors (Lipinski definition) is 6. The van der Waals surface area contributed by atoms with E-state index in [0.717, 1.165) is 28.7 Å². The zero-order valence-corrected chi connectivity index (χ0v) is 20.6. The number of benzene rings is 2. The summed E-state index contributed by atoms with van der Waals surface area (Å²) in [4.78, 5) is 18.8. The van der Waals surface area contributed by atoms with E-state index in [-0.39, 0.29) is 44.1 Å². The Kier molecular flexibility index (Phi) is 5.72. The van der Waals surface area contributed by atoms with Gasteiger partial charge in [-0.1, -0.05) is 35.0 Å². The third kappa shape index (κ3) is 4.11. The van der Waals surface area contributed by atoms with E-state index in [1.54, 1.807) is 6.07 Å². The average Bonchev–Trinajstić information content (AvgIpc) is 3.47. The van der Waals surface area contributed by atoms with Crippen molar-refractivity contribution in [3.8, 4) is 17.1 Å². The van der Waals surface area contributed by atoms with Crippen molar-refractivity contribution < 1.29 is 31.6 Å². The van der Waals surface area contributed by atoms with Crippen LogP contribution in [0.2, 0.25) is 5.02 Å². The lowest BCUT2D eigenvalue weighted by atomic mass is 9.99. The van der Waals surface area contributed by atoms with Crippen LogP contribution in [0.3, 0.4) is 0 Å². The first-order valence-electron chi connectivity index (χ1n) is 11.3. The molecule has 0 amide bonds. The zero-order valence-electron chi connectivity index (χ0n) is 19.0. The summed E-state index contributed by atoms with van der Waals surface area (Å²) in [7, 11) is 0. The van der Waals surface area contributed by atoms with Crippen LogP contribution >= 0.6 is 22.9 Å². The van der Waals surface area contributed by atoms with E-state index in [0.29, 0.717) is 27.3 Å². The van der Waals surface area contributed by atoms with E-state index >= 15 is 0 Å². The molecule has 1 saturated carbocycles. The van der Waals surface area contributed by atoms with Gasteiger partial charge in [0.2, 0.25) is 0 Å². The summed E-state index contributed by atoms with van der Waals surface area (Å²) < 4.78 is 72.7. The fourth-order valence-corrected chi connectivity index (χ4v) is 5.79. The molecule has 6 nitrogen and oxygen atoms in total. The van der Waals surface area contributed by atoms with Gasteiger partial charge < -0.3 is 9.63 Å². The van der Waals surface area contributed by atoms with Crippen molar-refractivity contribution in [1.29, 1.82) is 0 Å². The molecule has 0 atom stereocenters. The van der Waals surface area contributed by atoms with Crippen LogP contribution in [0.5, 0.6) is 5.75 Å². The predicted octanol–water partition coefficient (Wildman–Crippen LogP) is 7.51. The highest BCUT2D eigenvalue weighted by Gasteiger charge is 2.35. The van der Waals surface area contributed by atoms with Gasteiger partial charge in [0.1, 0.15) is 10.7 Å². The number of halogens is 6. The molecule has 5 aromatic rings. The third-order valence-electron chi connectivity index (χ3n) is 6.44. The van der Waals surface area contributed by atoms with E-state index < -0.39 is 30.4 Å². The van der Waals surface area contributed by atoms with E-state index in [2.05, 4.69) is 10.1 Å². The first kappa shape index (κ1) is 24.8. The fraction of sp³-hybridized carbons (Fsp3) is 0.240. The Morgan fingerprint density at radius 1 is 1.18 bits per heavy atom. The number of fused-ring (bicyclic) bond motifs is 3. The molecule has 38 heavy (non-hydrogen) atoms. The van der Waals surface area contributed by atoms with Gasteiger partial charge in [-0.3, -0.25) is 9.36 Å². The summed E-state index contributed by atoms with van der Waals surface area (Å²) in [5, 5.41) is 14.1. The van der Waals surface area contributed by atoms with Gasteiger partial charge in [-0.25, -0.2) is 13.8 Å². The summed E-state index contributed by atoms with van der Waals surface area (Å²) in [5.41, 5.74) is -1.06. The van der Waals surface area contributed by atoms with Gasteiger partial charge in [0.05, 0.1) is 21.7 Å². The smallest absolute Gasteiger partial charge is 0.436 e. The molecule has 196 valence electrons. The second-order valence-corrected chi connectivity index (χ2v) is 10.4. The summed E-state index contributed by atoms with van der Waals surface area (Å²) in [6, 6.07) is 7.72. The van der Waals surface area contributed by atoms with Gasteiger partial charge in [0, 0.05) is 22.6 Å². The Bertz CT molecular complexity index is 1790. The molecule has 1 fully saturated rings. The minimum atomic E-state index is -4.75. The van der Waals surface area contributed by atoms with Crippen LogP contribution in [0.15, 0.2) is 45.7 Å². The number of hydrogen-bond donors (Lipinski definition) is 1.